The van der Waals surface area contributed by atoms with Gasteiger partial charge < -0.3 is 4.42 Å². The Morgan fingerprint density at radius 1 is 0.436 bits per heavy atom. The van der Waals surface area contributed by atoms with Crippen LogP contribution < -0.4 is 0 Å². The maximum atomic E-state index is 6.30. The van der Waals surface area contributed by atoms with Gasteiger partial charge in [-0.1, -0.05) is 36.4 Å². The van der Waals surface area contributed by atoms with Crippen LogP contribution in [0.2, 0.25) is 0 Å². The van der Waals surface area contributed by atoms with Gasteiger partial charge in [0.1, 0.15) is 22.5 Å². The van der Waals surface area contributed by atoms with Crippen LogP contribution in [-0.4, -0.2) is 19.1 Å². The number of rotatable bonds is 2. The number of aromatic nitrogens is 4. The molecule has 0 unspecified atom stereocenters. The molecule has 39 heavy (non-hydrogen) atoms. The predicted octanol–water partition coefficient (Wildman–Crippen LogP) is 8.57. The van der Waals surface area contributed by atoms with E-state index in [9.17, 15) is 0 Å². The molecule has 0 spiro atoms. The summed E-state index contributed by atoms with van der Waals surface area (Å²) in [4.78, 5) is 9.52. The first kappa shape index (κ1) is 20.6. The smallest absolute Gasteiger partial charge is 0.145 e. The molecule has 0 fully saturated rings. The lowest BCUT2D eigenvalue weighted by Gasteiger charge is -2.08. The van der Waals surface area contributed by atoms with E-state index in [1.165, 1.54) is 10.8 Å². The zero-order chi connectivity index (χ0) is 25.5. The van der Waals surface area contributed by atoms with E-state index < -0.39 is 0 Å². The van der Waals surface area contributed by atoms with Crippen LogP contribution in [0.4, 0.5) is 0 Å². The molecule has 5 heterocycles. The lowest BCUT2D eigenvalue weighted by atomic mass is 10.1. The van der Waals surface area contributed by atoms with Crippen molar-refractivity contribution < 1.29 is 4.42 Å². The van der Waals surface area contributed by atoms with Crippen LogP contribution in [-0.2, 0) is 0 Å². The second-order valence-electron chi connectivity index (χ2n) is 9.92. The molecule has 0 bridgehead atoms. The Morgan fingerprint density at radius 3 is 1.41 bits per heavy atom. The number of hydrogen-bond donors (Lipinski definition) is 0. The van der Waals surface area contributed by atoms with Gasteiger partial charge in [0.25, 0.3) is 0 Å². The lowest BCUT2D eigenvalue weighted by Crippen LogP contribution is -1.95. The van der Waals surface area contributed by atoms with Crippen LogP contribution >= 0.6 is 0 Å². The number of nitrogens with zero attached hydrogens (tertiary/aromatic N) is 4. The molecule has 0 atom stereocenters. The summed E-state index contributed by atoms with van der Waals surface area (Å²) in [6.07, 6.45) is 3.71. The van der Waals surface area contributed by atoms with E-state index in [0.29, 0.717) is 0 Å². The van der Waals surface area contributed by atoms with Crippen molar-refractivity contribution in [1.82, 2.24) is 19.1 Å². The van der Waals surface area contributed by atoms with E-state index in [1.54, 1.807) is 0 Å². The molecule has 0 amide bonds. The third kappa shape index (κ3) is 2.79. The third-order valence-electron chi connectivity index (χ3n) is 7.82. The van der Waals surface area contributed by atoms with Crippen LogP contribution in [0, 0.1) is 0 Å². The Bertz CT molecular complexity index is 2130. The molecule has 0 radical (unpaired) electrons. The van der Waals surface area contributed by atoms with Crippen molar-refractivity contribution in [2.45, 2.75) is 0 Å². The quantitative estimate of drug-likeness (QED) is 0.239. The number of hydrogen-bond acceptors (Lipinski definition) is 3. The normalized spacial score (nSPS) is 12.1. The van der Waals surface area contributed by atoms with Gasteiger partial charge in [-0.2, -0.15) is 0 Å². The summed E-state index contributed by atoms with van der Waals surface area (Å²) in [6.45, 7) is 0. The fraction of sp³-hybridized carbons (Fsp3) is 0. The highest BCUT2D eigenvalue weighted by Gasteiger charge is 2.17. The van der Waals surface area contributed by atoms with E-state index in [0.717, 1.165) is 66.4 Å². The van der Waals surface area contributed by atoms with Crippen LogP contribution in [0.3, 0.4) is 0 Å². The average Bonchev–Trinajstić information content (AvgIpc) is 3.64. The van der Waals surface area contributed by atoms with Gasteiger partial charge in [0.2, 0.25) is 0 Å². The number of fused-ring (bicyclic) bond motifs is 9. The Hall–Kier alpha value is -5.42. The molecule has 9 aromatic rings. The summed E-state index contributed by atoms with van der Waals surface area (Å²) in [5.74, 6) is 0. The standard InChI is InChI=1S/C34H20N4O/c1-3-11-29-23(7-1)25-9-5-17-35-33(25)37(29)21-13-15-31-27(19-21)28-20-22(14-16-32(28)39-31)38-30-12-4-2-8-24(30)26-10-6-18-36-34(26)38/h1-20H. The SMILES string of the molecule is c1ccc2c(c1)c1cccnc1n2-c1ccc2oc3ccc(-n4c5ccccc5c5cccnc54)cc3c2c1. The topological polar surface area (TPSA) is 48.8 Å². The summed E-state index contributed by atoms with van der Waals surface area (Å²) < 4.78 is 10.8. The maximum Gasteiger partial charge on any atom is 0.145 e. The van der Waals surface area contributed by atoms with Crippen molar-refractivity contribution in [3.8, 4) is 11.4 Å². The van der Waals surface area contributed by atoms with Gasteiger partial charge >= 0.3 is 0 Å². The van der Waals surface area contributed by atoms with Crippen molar-refractivity contribution in [3.05, 3.63) is 122 Å². The van der Waals surface area contributed by atoms with Crippen LogP contribution in [0.5, 0.6) is 0 Å². The Morgan fingerprint density at radius 2 is 0.897 bits per heavy atom. The minimum atomic E-state index is 0.861. The summed E-state index contributed by atoms with van der Waals surface area (Å²) in [7, 11) is 0. The van der Waals surface area contributed by atoms with Crippen molar-refractivity contribution in [3.63, 3.8) is 0 Å². The number of para-hydroxylation sites is 2. The molecule has 0 aliphatic rings. The number of furan rings is 1. The molecule has 0 N–H and O–H groups in total. The summed E-state index contributed by atoms with van der Waals surface area (Å²) in [6, 6.07) is 38.0. The van der Waals surface area contributed by atoms with Crippen molar-refractivity contribution >= 4 is 65.8 Å². The highest BCUT2D eigenvalue weighted by atomic mass is 16.3. The average molecular weight is 501 g/mol. The number of benzene rings is 4. The van der Waals surface area contributed by atoms with Gasteiger partial charge in [0.05, 0.1) is 11.0 Å². The van der Waals surface area contributed by atoms with Crippen LogP contribution in [0.1, 0.15) is 0 Å². The minimum absolute atomic E-state index is 0.861. The van der Waals surface area contributed by atoms with Gasteiger partial charge in [-0.15, -0.1) is 0 Å². The first-order valence-corrected chi connectivity index (χ1v) is 13.0. The van der Waals surface area contributed by atoms with E-state index in [2.05, 4.69) is 106 Å². The van der Waals surface area contributed by atoms with Gasteiger partial charge in [0, 0.05) is 56.1 Å². The molecule has 5 nitrogen and oxygen atoms in total. The zero-order valence-corrected chi connectivity index (χ0v) is 20.7. The third-order valence-corrected chi connectivity index (χ3v) is 7.82. The lowest BCUT2D eigenvalue weighted by molar-refractivity contribution is 0.669. The van der Waals surface area contributed by atoms with Gasteiger partial charge in [0.15, 0.2) is 0 Å². The Labute approximate surface area is 222 Å². The summed E-state index contributed by atoms with van der Waals surface area (Å²) >= 11 is 0. The second-order valence-corrected chi connectivity index (χ2v) is 9.92. The van der Waals surface area contributed by atoms with E-state index in [-0.39, 0.29) is 0 Å². The molecular formula is C34H20N4O. The fourth-order valence-electron chi connectivity index (χ4n) is 6.15. The molecule has 9 rings (SSSR count). The van der Waals surface area contributed by atoms with E-state index >= 15 is 0 Å². The predicted molar refractivity (Wildman–Crippen MR) is 158 cm³/mol. The monoisotopic (exact) mass is 500 g/mol. The molecular weight excluding hydrogens is 480 g/mol. The fourth-order valence-corrected chi connectivity index (χ4v) is 6.15. The van der Waals surface area contributed by atoms with Crippen molar-refractivity contribution in [2.24, 2.45) is 0 Å². The van der Waals surface area contributed by atoms with E-state index in [1.807, 2.05) is 24.5 Å². The van der Waals surface area contributed by atoms with Gasteiger partial charge in [-0.05, 0) is 72.8 Å². The molecule has 5 heteroatoms. The largest absolute Gasteiger partial charge is 0.456 e. The first-order valence-electron chi connectivity index (χ1n) is 13.0. The molecule has 0 saturated heterocycles. The van der Waals surface area contributed by atoms with Crippen LogP contribution in [0.25, 0.3) is 77.2 Å². The first-order chi connectivity index (χ1) is 19.3. The Kier molecular flexibility index (Phi) is 3.99. The highest BCUT2D eigenvalue weighted by Crippen LogP contribution is 2.37. The number of pyridine rings is 2. The minimum Gasteiger partial charge on any atom is -0.456 e. The highest BCUT2D eigenvalue weighted by molar-refractivity contribution is 6.11. The molecule has 0 aliphatic heterocycles. The summed E-state index contributed by atoms with van der Waals surface area (Å²) in [5, 5.41) is 6.82. The van der Waals surface area contributed by atoms with Crippen molar-refractivity contribution in [2.75, 3.05) is 0 Å². The second kappa shape index (κ2) is 7.55. The molecule has 4 aromatic carbocycles. The molecule has 0 saturated carbocycles. The molecule has 182 valence electrons. The van der Waals surface area contributed by atoms with Gasteiger partial charge in [-0.3, -0.25) is 9.13 Å². The van der Waals surface area contributed by atoms with Crippen LogP contribution in [0.15, 0.2) is 126 Å². The van der Waals surface area contributed by atoms with E-state index in [4.69, 9.17) is 14.4 Å². The zero-order valence-electron chi connectivity index (χ0n) is 20.7. The maximum absolute atomic E-state index is 6.30. The summed E-state index contributed by atoms with van der Waals surface area (Å²) in [5.41, 5.74) is 7.99. The molecule has 5 aromatic heterocycles. The van der Waals surface area contributed by atoms with Gasteiger partial charge in [-0.25, -0.2) is 9.97 Å². The Balaban J connectivity index is 1.32. The van der Waals surface area contributed by atoms with Crippen molar-refractivity contribution in [1.29, 1.82) is 0 Å². The molecule has 0 aliphatic carbocycles.